The molecule has 1 fully saturated rings. The zero-order chi connectivity index (χ0) is 11.8. The molecule has 1 aliphatic rings. The third-order valence-corrected chi connectivity index (χ3v) is 5.68. The lowest BCUT2D eigenvalue weighted by Gasteiger charge is -2.38. The van der Waals surface area contributed by atoms with E-state index in [1.165, 1.54) is 17.2 Å². The fraction of sp³-hybridized carbons (Fsp3) is 0.750. The second kappa shape index (κ2) is 4.67. The number of nitrogens with zero attached hydrogens (tertiary/aromatic N) is 1. The van der Waals surface area contributed by atoms with Crippen LogP contribution in [0.15, 0.2) is 9.72 Å². The van der Waals surface area contributed by atoms with E-state index in [0.29, 0.717) is 16.7 Å². The van der Waals surface area contributed by atoms with Crippen LogP contribution in [-0.4, -0.2) is 16.3 Å². The predicted molar refractivity (Wildman–Crippen MR) is 72.1 cm³/mol. The number of aryl methyl sites for hydroxylation is 1. The second-order valence-electron chi connectivity index (χ2n) is 5.48. The minimum absolute atomic E-state index is 0.335. The second-order valence-corrected chi connectivity index (χ2v) is 7.83. The normalized spacial score (nSPS) is 29.2. The fourth-order valence-corrected chi connectivity index (χ4v) is 4.75. The first-order valence-corrected chi connectivity index (χ1v) is 7.57. The predicted octanol–water partition coefficient (Wildman–Crippen LogP) is 3.45. The molecule has 1 aliphatic carbocycles. The Kier molecular flexibility index (Phi) is 3.62. The largest absolute Gasteiger partial charge is 0.327 e. The summed E-state index contributed by atoms with van der Waals surface area (Å²) in [6, 6.07) is 0.335. The molecule has 0 aromatic carbocycles. The molecule has 2 N–H and O–H groups in total. The quantitative estimate of drug-likeness (QED) is 0.881. The van der Waals surface area contributed by atoms with Crippen LogP contribution in [0.5, 0.6) is 0 Å². The molecule has 1 saturated carbocycles. The van der Waals surface area contributed by atoms with Crippen molar-refractivity contribution in [2.24, 2.45) is 11.1 Å². The van der Waals surface area contributed by atoms with Crippen molar-refractivity contribution in [3.8, 4) is 0 Å². The summed E-state index contributed by atoms with van der Waals surface area (Å²) >= 11 is 3.62. The standard InChI is InChI=1S/C12H20N2S2/c1-8-7-15-11(14-8)16-10-6-12(2,3)5-4-9(10)13/h7,9-10H,4-6,13H2,1-3H3. The maximum Gasteiger partial charge on any atom is 0.150 e. The van der Waals surface area contributed by atoms with Gasteiger partial charge in [-0.25, -0.2) is 4.98 Å². The van der Waals surface area contributed by atoms with Crippen molar-refractivity contribution in [3.63, 3.8) is 0 Å². The van der Waals surface area contributed by atoms with E-state index in [9.17, 15) is 0 Å². The monoisotopic (exact) mass is 256 g/mol. The molecule has 16 heavy (non-hydrogen) atoms. The average molecular weight is 256 g/mol. The van der Waals surface area contributed by atoms with Gasteiger partial charge >= 0.3 is 0 Å². The van der Waals surface area contributed by atoms with E-state index in [1.54, 1.807) is 11.3 Å². The van der Waals surface area contributed by atoms with Crippen molar-refractivity contribution in [3.05, 3.63) is 11.1 Å². The molecule has 1 heterocycles. The van der Waals surface area contributed by atoms with Gasteiger partial charge in [0.05, 0.1) is 0 Å². The lowest BCUT2D eigenvalue weighted by atomic mass is 9.75. The number of nitrogens with two attached hydrogens (primary N) is 1. The first kappa shape index (κ1) is 12.4. The summed E-state index contributed by atoms with van der Waals surface area (Å²) in [4.78, 5) is 4.51. The molecule has 0 aliphatic heterocycles. The Balaban J connectivity index is 2.02. The molecule has 4 heteroatoms. The number of thiazole rings is 1. The minimum Gasteiger partial charge on any atom is -0.327 e. The highest BCUT2D eigenvalue weighted by molar-refractivity contribution is 8.01. The van der Waals surface area contributed by atoms with Crippen LogP contribution in [0.4, 0.5) is 0 Å². The Morgan fingerprint density at radius 2 is 2.31 bits per heavy atom. The van der Waals surface area contributed by atoms with Gasteiger partial charge in [-0.1, -0.05) is 25.6 Å². The van der Waals surface area contributed by atoms with Gasteiger partial charge in [0, 0.05) is 22.4 Å². The van der Waals surface area contributed by atoms with Gasteiger partial charge in [0.15, 0.2) is 0 Å². The van der Waals surface area contributed by atoms with E-state index < -0.39 is 0 Å². The lowest BCUT2D eigenvalue weighted by molar-refractivity contribution is 0.232. The zero-order valence-electron chi connectivity index (χ0n) is 10.2. The van der Waals surface area contributed by atoms with Crippen LogP contribution in [0.2, 0.25) is 0 Å². The molecule has 2 nitrogen and oxygen atoms in total. The van der Waals surface area contributed by atoms with Crippen LogP contribution in [-0.2, 0) is 0 Å². The molecule has 2 unspecified atom stereocenters. The van der Waals surface area contributed by atoms with Crippen molar-refractivity contribution in [2.45, 2.75) is 55.7 Å². The van der Waals surface area contributed by atoms with Gasteiger partial charge in [0.25, 0.3) is 0 Å². The van der Waals surface area contributed by atoms with E-state index in [4.69, 9.17) is 5.73 Å². The molecular formula is C12H20N2S2. The summed E-state index contributed by atoms with van der Waals surface area (Å²) in [6.45, 7) is 6.74. The van der Waals surface area contributed by atoms with Crippen molar-refractivity contribution >= 4 is 23.1 Å². The smallest absolute Gasteiger partial charge is 0.150 e. The topological polar surface area (TPSA) is 38.9 Å². The van der Waals surface area contributed by atoms with Crippen molar-refractivity contribution in [1.82, 2.24) is 4.98 Å². The molecule has 0 saturated heterocycles. The molecule has 2 atom stereocenters. The molecule has 0 amide bonds. The van der Waals surface area contributed by atoms with E-state index in [-0.39, 0.29) is 0 Å². The maximum absolute atomic E-state index is 6.21. The third kappa shape index (κ3) is 2.99. The van der Waals surface area contributed by atoms with Crippen molar-refractivity contribution in [1.29, 1.82) is 0 Å². The highest BCUT2D eigenvalue weighted by atomic mass is 32.2. The number of hydrogen-bond donors (Lipinski definition) is 1. The summed E-state index contributed by atoms with van der Waals surface area (Å²) < 4.78 is 1.18. The van der Waals surface area contributed by atoms with E-state index >= 15 is 0 Å². The van der Waals surface area contributed by atoms with Crippen LogP contribution in [0.1, 0.15) is 38.8 Å². The van der Waals surface area contributed by atoms with Crippen LogP contribution in [0, 0.1) is 12.3 Å². The Hall–Kier alpha value is -0.0600. The third-order valence-electron chi connectivity index (χ3n) is 3.24. The summed E-state index contributed by atoms with van der Waals surface area (Å²) in [5.74, 6) is 0. The molecule has 0 bridgehead atoms. The Morgan fingerprint density at radius 3 is 2.94 bits per heavy atom. The Morgan fingerprint density at radius 1 is 1.56 bits per heavy atom. The molecule has 90 valence electrons. The summed E-state index contributed by atoms with van der Waals surface area (Å²) in [5, 5.41) is 2.65. The van der Waals surface area contributed by atoms with Crippen molar-refractivity contribution < 1.29 is 0 Å². The van der Waals surface area contributed by atoms with Gasteiger partial charge < -0.3 is 5.73 Å². The van der Waals surface area contributed by atoms with Crippen LogP contribution in [0.3, 0.4) is 0 Å². The van der Waals surface area contributed by atoms with Gasteiger partial charge in [0.1, 0.15) is 4.34 Å². The highest BCUT2D eigenvalue weighted by Crippen LogP contribution is 2.42. The van der Waals surface area contributed by atoms with Gasteiger partial charge in [0.2, 0.25) is 0 Å². The first-order chi connectivity index (χ1) is 7.46. The number of hydrogen-bond acceptors (Lipinski definition) is 4. The highest BCUT2D eigenvalue weighted by Gasteiger charge is 2.33. The number of thioether (sulfide) groups is 1. The average Bonchev–Trinajstić information content (AvgIpc) is 2.58. The van der Waals surface area contributed by atoms with Crippen LogP contribution < -0.4 is 5.73 Å². The summed E-state index contributed by atoms with van der Waals surface area (Å²) in [6.07, 6.45) is 3.61. The van der Waals surface area contributed by atoms with E-state index in [0.717, 1.165) is 12.1 Å². The van der Waals surface area contributed by atoms with Gasteiger partial charge in [-0.05, 0) is 31.6 Å². The van der Waals surface area contributed by atoms with Gasteiger partial charge in [-0.3, -0.25) is 0 Å². The molecule has 0 spiro atoms. The first-order valence-electron chi connectivity index (χ1n) is 5.81. The Bertz CT molecular complexity index is 360. The lowest BCUT2D eigenvalue weighted by Crippen LogP contribution is -2.41. The minimum atomic E-state index is 0.335. The SMILES string of the molecule is Cc1csc(SC2CC(C)(C)CCC2N)n1. The van der Waals surface area contributed by atoms with Gasteiger partial charge in [-0.2, -0.15) is 0 Å². The fourth-order valence-electron chi connectivity index (χ4n) is 2.19. The molecular weight excluding hydrogens is 236 g/mol. The van der Waals surface area contributed by atoms with E-state index in [1.807, 2.05) is 18.7 Å². The van der Waals surface area contributed by atoms with Crippen LogP contribution in [0.25, 0.3) is 0 Å². The van der Waals surface area contributed by atoms with E-state index in [2.05, 4.69) is 24.2 Å². The van der Waals surface area contributed by atoms with Gasteiger partial charge in [-0.15, -0.1) is 11.3 Å². The zero-order valence-corrected chi connectivity index (χ0v) is 11.8. The van der Waals surface area contributed by atoms with Crippen LogP contribution >= 0.6 is 23.1 Å². The van der Waals surface area contributed by atoms with Crippen molar-refractivity contribution in [2.75, 3.05) is 0 Å². The summed E-state index contributed by atoms with van der Waals surface area (Å²) in [5.41, 5.74) is 7.78. The molecule has 0 radical (unpaired) electrons. The number of rotatable bonds is 2. The molecule has 1 aromatic rings. The maximum atomic E-state index is 6.21. The molecule has 2 rings (SSSR count). The molecule has 1 aromatic heterocycles. The number of aromatic nitrogens is 1. The Labute approximate surface area is 106 Å². The summed E-state index contributed by atoms with van der Waals surface area (Å²) in [7, 11) is 0.